The van der Waals surface area contributed by atoms with Crippen LogP contribution in [0.15, 0.2) is 60.7 Å². The zero-order valence-corrected chi connectivity index (χ0v) is 15.0. The quantitative estimate of drug-likeness (QED) is 0.626. The minimum atomic E-state index is -1.15. The van der Waals surface area contributed by atoms with Crippen molar-refractivity contribution in [2.45, 2.75) is 12.5 Å². The van der Waals surface area contributed by atoms with Crippen LogP contribution in [0.25, 0.3) is 0 Å². The first-order valence-electron chi connectivity index (χ1n) is 8.24. The third kappa shape index (κ3) is 5.87. The number of alkyl carbamates (subject to hydrolysis) is 1. The smallest absolute Gasteiger partial charge is 0.414 e. The molecule has 0 aromatic heterocycles. The Labute approximate surface area is 161 Å². The van der Waals surface area contributed by atoms with Crippen molar-refractivity contribution in [1.29, 1.82) is 0 Å². The van der Waals surface area contributed by atoms with Crippen LogP contribution in [0, 0.1) is 0 Å². The SMILES string of the molecule is COc1ccc([C@@H](C/C=C/C(=O)O)OC(=O)NC(=O)c2ccccc2)cc1O. The highest BCUT2D eigenvalue weighted by atomic mass is 16.6. The molecule has 0 aliphatic carbocycles. The highest BCUT2D eigenvalue weighted by Gasteiger charge is 2.19. The van der Waals surface area contributed by atoms with Gasteiger partial charge in [-0.05, 0) is 29.8 Å². The maximum atomic E-state index is 12.1. The molecule has 0 bridgehead atoms. The number of carboxylic acid groups (broad SMARTS) is 1. The number of aliphatic carboxylic acids is 1. The molecule has 8 nitrogen and oxygen atoms in total. The number of phenolic OH excluding ortho intramolecular Hbond substituents is 1. The van der Waals surface area contributed by atoms with Crippen LogP contribution >= 0.6 is 0 Å². The summed E-state index contributed by atoms with van der Waals surface area (Å²) in [6.07, 6.45) is 0.298. The zero-order chi connectivity index (χ0) is 20.5. The number of methoxy groups -OCH3 is 1. The molecule has 0 unspecified atom stereocenters. The summed E-state index contributed by atoms with van der Waals surface area (Å²) in [7, 11) is 1.39. The van der Waals surface area contributed by atoms with Crippen LogP contribution < -0.4 is 10.1 Å². The molecule has 0 radical (unpaired) electrons. The van der Waals surface area contributed by atoms with Gasteiger partial charge in [0.25, 0.3) is 5.91 Å². The molecule has 2 amide bonds. The second-order valence-corrected chi connectivity index (χ2v) is 5.62. The van der Waals surface area contributed by atoms with E-state index in [2.05, 4.69) is 5.32 Å². The topological polar surface area (TPSA) is 122 Å². The molecular weight excluding hydrogens is 366 g/mol. The number of hydrogen-bond acceptors (Lipinski definition) is 6. The van der Waals surface area contributed by atoms with E-state index in [0.29, 0.717) is 5.56 Å². The molecule has 2 rings (SSSR count). The molecule has 0 fully saturated rings. The fraction of sp³-hybridized carbons (Fsp3) is 0.150. The highest BCUT2D eigenvalue weighted by Crippen LogP contribution is 2.31. The number of aromatic hydroxyl groups is 1. The normalized spacial score (nSPS) is 11.6. The number of rotatable bonds is 7. The van der Waals surface area contributed by atoms with E-state index in [4.69, 9.17) is 14.6 Å². The number of carboxylic acids is 1. The van der Waals surface area contributed by atoms with Crippen molar-refractivity contribution in [3.05, 3.63) is 71.8 Å². The summed E-state index contributed by atoms with van der Waals surface area (Å²) in [6.45, 7) is 0. The van der Waals surface area contributed by atoms with Crippen LogP contribution in [-0.4, -0.2) is 35.3 Å². The Hall–Kier alpha value is -3.81. The lowest BCUT2D eigenvalue weighted by Crippen LogP contribution is -2.32. The predicted molar refractivity (Wildman–Crippen MR) is 99.2 cm³/mol. The van der Waals surface area contributed by atoms with Crippen LogP contribution in [0.4, 0.5) is 4.79 Å². The van der Waals surface area contributed by atoms with Crippen molar-refractivity contribution in [3.8, 4) is 11.5 Å². The molecule has 1 atom stereocenters. The standard InChI is InChI=1S/C20H19NO7/c1-27-17-11-10-14(12-15(17)22)16(8-5-9-18(23)24)28-20(26)21-19(25)13-6-3-2-4-7-13/h2-7,9-12,16,22H,8H2,1H3,(H,23,24)(H,21,25,26)/b9-5+/t16-/m1/s1. The number of carbonyl (C=O) groups is 3. The summed E-state index contributed by atoms with van der Waals surface area (Å²) in [6, 6.07) is 12.5. The predicted octanol–water partition coefficient (Wildman–Crippen LogP) is 3.04. The Morgan fingerprint density at radius 3 is 2.46 bits per heavy atom. The van der Waals surface area contributed by atoms with E-state index in [1.165, 1.54) is 37.5 Å². The van der Waals surface area contributed by atoms with Gasteiger partial charge in [0.2, 0.25) is 0 Å². The number of phenols is 1. The van der Waals surface area contributed by atoms with Gasteiger partial charge in [0.05, 0.1) is 7.11 Å². The monoisotopic (exact) mass is 385 g/mol. The Kier molecular flexibility index (Phi) is 7.15. The van der Waals surface area contributed by atoms with Gasteiger partial charge in [-0.25, -0.2) is 9.59 Å². The summed E-state index contributed by atoms with van der Waals surface area (Å²) >= 11 is 0. The number of amides is 2. The lowest BCUT2D eigenvalue weighted by Gasteiger charge is -2.18. The van der Waals surface area contributed by atoms with E-state index in [1.807, 2.05) is 0 Å². The lowest BCUT2D eigenvalue weighted by molar-refractivity contribution is -0.131. The number of ether oxygens (including phenoxy) is 2. The van der Waals surface area contributed by atoms with Crippen molar-refractivity contribution >= 4 is 18.0 Å². The second kappa shape index (κ2) is 9.77. The number of imide groups is 1. The van der Waals surface area contributed by atoms with Crippen LogP contribution in [0.5, 0.6) is 11.5 Å². The van der Waals surface area contributed by atoms with Gasteiger partial charge in [0.1, 0.15) is 6.10 Å². The summed E-state index contributed by atoms with van der Waals surface area (Å²) in [5, 5.41) is 20.8. The largest absolute Gasteiger partial charge is 0.504 e. The van der Waals surface area contributed by atoms with E-state index in [-0.39, 0.29) is 23.5 Å². The fourth-order valence-electron chi connectivity index (χ4n) is 2.37. The Bertz CT molecular complexity index is 877. The molecule has 3 N–H and O–H groups in total. The summed E-state index contributed by atoms with van der Waals surface area (Å²) in [5.41, 5.74) is 0.680. The molecule has 2 aromatic carbocycles. The van der Waals surface area contributed by atoms with Crippen molar-refractivity contribution in [1.82, 2.24) is 5.32 Å². The molecule has 0 saturated heterocycles. The van der Waals surface area contributed by atoms with Crippen molar-refractivity contribution in [2.24, 2.45) is 0 Å². The lowest BCUT2D eigenvalue weighted by atomic mass is 10.1. The third-order valence-corrected chi connectivity index (χ3v) is 3.69. The average molecular weight is 385 g/mol. The first-order valence-corrected chi connectivity index (χ1v) is 8.24. The van der Waals surface area contributed by atoms with Crippen LogP contribution in [0.2, 0.25) is 0 Å². The van der Waals surface area contributed by atoms with E-state index >= 15 is 0 Å². The van der Waals surface area contributed by atoms with E-state index in [0.717, 1.165) is 6.08 Å². The van der Waals surface area contributed by atoms with Crippen molar-refractivity contribution in [2.75, 3.05) is 7.11 Å². The Morgan fingerprint density at radius 2 is 1.86 bits per heavy atom. The average Bonchev–Trinajstić information content (AvgIpc) is 2.67. The Morgan fingerprint density at radius 1 is 1.14 bits per heavy atom. The number of benzene rings is 2. The van der Waals surface area contributed by atoms with Gasteiger partial charge in [0.15, 0.2) is 11.5 Å². The maximum Gasteiger partial charge on any atom is 0.414 e. The Balaban J connectivity index is 2.14. The maximum absolute atomic E-state index is 12.1. The van der Waals surface area contributed by atoms with Gasteiger partial charge >= 0.3 is 12.1 Å². The van der Waals surface area contributed by atoms with Gasteiger partial charge in [-0.2, -0.15) is 0 Å². The van der Waals surface area contributed by atoms with Crippen LogP contribution in [0.3, 0.4) is 0 Å². The summed E-state index contributed by atoms with van der Waals surface area (Å²) in [4.78, 5) is 34.9. The van der Waals surface area contributed by atoms with Crippen LogP contribution in [0.1, 0.15) is 28.4 Å². The first-order chi connectivity index (χ1) is 13.4. The number of hydrogen-bond donors (Lipinski definition) is 3. The van der Waals surface area contributed by atoms with Crippen LogP contribution in [-0.2, 0) is 9.53 Å². The molecule has 0 aliphatic rings. The van der Waals surface area contributed by atoms with E-state index in [9.17, 15) is 19.5 Å². The minimum Gasteiger partial charge on any atom is -0.504 e. The molecule has 8 heteroatoms. The summed E-state index contributed by atoms with van der Waals surface area (Å²) < 4.78 is 10.2. The molecule has 0 spiro atoms. The van der Waals surface area contributed by atoms with Gasteiger partial charge in [0, 0.05) is 18.1 Å². The van der Waals surface area contributed by atoms with Gasteiger partial charge < -0.3 is 19.7 Å². The number of nitrogens with one attached hydrogen (secondary N) is 1. The van der Waals surface area contributed by atoms with Gasteiger partial charge in [-0.3, -0.25) is 10.1 Å². The highest BCUT2D eigenvalue weighted by molar-refractivity contribution is 6.02. The number of carbonyl (C=O) groups excluding carboxylic acids is 2. The molecular formula is C20H19NO7. The summed E-state index contributed by atoms with van der Waals surface area (Å²) in [5.74, 6) is -1.73. The molecule has 0 aliphatic heterocycles. The van der Waals surface area contributed by atoms with Crippen molar-refractivity contribution in [3.63, 3.8) is 0 Å². The second-order valence-electron chi connectivity index (χ2n) is 5.62. The molecule has 146 valence electrons. The van der Waals surface area contributed by atoms with Gasteiger partial charge in [-0.15, -0.1) is 0 Å². The van der Waals surface area contributed by atoms with Crippen molar-refractivity contribution < 1.29 is 34.1 Å². The minimum absolute atomic E-state index is 0.0189. The zero-order valence-electron chi connectivity index (χ0n) is 15.0. The van der Waals surface area contributed by atoms with Gasteiger partial charge in [-0.1, -0.05) is 30.3 Å². The molecule has 28 heavy (non-hydrogen) atoms. The first kappa shape index (κ1) is 20.5. The van der Waals surface area contributed by atoms with E-state index < -0.39 is 24.1 Å². The molecule has 2 aromatic rings. The third-order valence-electron chi connectivity index (χ3n) is 3.69. The molecule has 0 saturated carbocycles. The van der Waals surface area contributed by atoms with E-state index in [1.54, 1.807) is 24.3 Å². The molecule has 0 heterocycles. The fourth-order valence-corrected chi connectivity index (χ4v) is 2.37.